The molecule has 1 aromatic carbocycles. The maximum Gasteiger partial charge on any atom is 1.00 e. The van der Waals surface area contributed by atoms with E-state index in [9.17, 15) is 0 Å². The number of methoxy groups -OCH3 is 1. The van der Waals surface area contributed by atoms with Gasteiger partial charge in [-0.2, -0.15) is 0 Å². The standard InChI is InChI=1S/C7H8O.ClH.Hg/c1-8-7-5-3-2-4-6-7;;/h2-6H,1H3;1H;/q;;+1/p-1. The van der Waals surface area contributed by atoms with Crippen molar-refractivity contribution in [2.45, 2.75) is 0 Å². The first-order chi connectivity index (χ1) is 3.93. The van der Waals surface area contributed by atoms with Crippen molar-refractivity contribution in [1.29, 1.82) is 0 Å². The van der Waals surface area contributed by atoms with Crippen LogP contribution < -0.4 is 17.1 Å². The van der Waals surface area contributed by atoms with Gasteiger partial charge in [0.05, 0.1) is 7.11 Å². The molecule has 0 aromatic heterocycles. The summed E-state index contributed by atoms with van der Waals surface area (Å²) in [7, 11) is 1.66. The fourth-order valence-corrected chi connectivity index (χ4v) is 0.557. The molecule has 0 aliphatic carbocycles. The molecule has 1 radical (unpaired) electrons. The van der Waals surface area contributed by atoms with Gasteiger partial charge in [-0.25, -0.2) is 0 Å². The predicted molar refractivity (Wildman–Crippen MR) is 33.0 cm³/mol. The van der Waals surface area contributed by atoms with Gasteiger partial charge in [0.1, 0.15) is 5.75 Å². The van der Waals surface area contributed by atoms with Crippen LogP contribution in [0.15, 0.2) is 30.3 Å². The van der Waals surface area contributed by atoms with Crippen LogP contribution in [0.3, 0.4) is 0 Å². The molecule has 0 amide bonds. The molecule has 3 heteroatoms. The van der Waals surface area contributed by atoms with Crippen LogP contribution in [-0.4, -0.2) is 7.11 Å². The summed E-state index contributed by atoms with van der Waals surface area (Å²) < 4.78 is 4.91. The van der Waals surface area contributed by atoms with Crippen LogP contribution in [0.1, 0.15) is 0 Å². The Balaban J connectivity index is 0. The Morgan fingerprint density at radius 3 is 1.90 bits per heavy atom. The van der Waals surface area contributed by atoms with E-state index >= 15 is 0 Å². The average Bonchev–Trinajstić information content (AvgIpc) is 1.90. The minimum Gasteiger partial charge on any atom is -1.00 e. The molecule has 51 valence electrons. The van der Waals surface area contributed by atoms with Crippen LogP contribution in [0.2, 0.25) is 0 Å². The number of hydrogen-bond donors (Lipinski definition) is 0. The quantitative estimate of drug-likeness (QED) is 0.576. The molecule has 1 aromatic rings. The molecule has 0 spiro atoms. The van der Waals surface area contributed by atoms with E-state index in [-0.39, 0.29) is 40.1 Å². The Bertz CT molecular complexity index is 155. The Hall–Kier alpha value is 0.245. The van der Waals surface area contributed by atoms with Gasteiger partial charge in [-0.1, -0.05) is 18.2 Å². The van der Waals surface area contributed by atoms with Gasteiger partial charge >= 0.3 is 27.7 Å². The summed E-state index contributed by atoms with van der Waals surface area (Å²) in [6.45, 7) is 0. The summed E-state index contributed by atoms with van der Waals surface area (Å²) in [6.07, 6.45) is 0. The molecule has 0 aliphatic rings. The molecule has 0 saturated carbocycles. The fraction of sp³-hybridized carbons (Fsp3) is 0.143. The van der Waals surface area contributed by atoms with Crippen molar-refractivity contribution < 1.29 is 44.8 Å². The van der Waals surface area contributed by atoms with Gasteiger partial charge in [-0.05, 0) is 12.1 Å². The molecule has 0 aliphatic heterocycles. The molecule has 10 heavy (non-hydrogen) atoms. The van der Waals surface area contributed by atoms with Crippen LogP contribution in [0, 0.1) is 0 Å². The third kappa shape index (κ3) is 4.12. The second-order valence-electron chi connectivity index (χ2n) is 1.52. The largest absolute Gasteiger partial charge is 1.00 e. The van der Waals surface area contributed by atoms with E-state index in [0.29, 0.717) is 0 Å². The van der Waals surface area contributed by atoms with E-state index < -0.39 is 0 Å². The van der Waals surface area contributed by atoms with E-state index in [0.717, 1.165) is 5.75 Å². The monoisotopic (exact) mass is 345 g/mol. The first-order valence-corrected chi connectivity index (χ1v) is 2.52. The van der Waals surface area contributed by atoms with Crippen molar-refractivity contribution in [3.05, 3.63) is 30.3 Å². The molecule has 0 heterocycles. The molecule has 0 unspecified atom stereocenters. The topological polar surface area (TPSA) is 9.23 Å². The smallest absolute Gasteiger partial charge is 1.00 e. The fourth-order valence-electron chi connectivity index (χ4n) is 0.557. The van der Waals surface area contributed by atoms with Gasteiger partial charge in [-0.3, -0.25) is 0 Å². The van der Waals surface area contributed by atoms with Crippen molar-refractivity contribution >= 4 is 0 Å². The summed E-state index contributed by atoms with van der Waals surface area (Å²) >= 11 is 0. The van der Waals surface area contributed by atoms with Crippen LogP contribution >= 0.6 is 0 Å². The van der Waals surface area contributed by atoms with Crippen molar-refractivity contribution in [1.82, 2.24) is 0 Å². The maximum atomic E-state index is 4.91. The second kappa shape index (κ2) is 7.35. The molecular weight excluding hydrogens is 336 g/mol. The van der Waals surface area contributed by atoms with Gasteiger partial charge in [0.2, 0.25) is 0 Å². The summed E-state index contributed by atoms with van der Waals surface area (Å²) in [6, 6.07) is 9.68. The number of para-hydroxylation sites is 1. The van der Waals surface area contributed by atoms with E-state index in [2.05, 4.69) is 0 Å². The summed E-state index contributed by atoms with van der Waals surface area (Å²) in [5, 5.41) is 0. The SMILES string of the molecule is COc1ccccc1.[Cl-].[Hg+]. The zero-order chi connectivity index (χ0) is 5.82. The van der Waals surface area contributed by atoms with E-state index in [1.165, 1.54) is 0 Å². The van der Waals surface area contributed by atoms with Gasteiger partial charge in [0.15, 0.2) is 0 Å². The van der Waals surface area contributed by atoms with Gasteiger partial charge in [0, 0.05) is 0 Å². The summed E-state index contributed by atoms with van der Waals surface area (Å²) in [5.41, 5.74) is 0. The van der Waals surface area contributed by atoms with E-state index in [1.807, 2.05) is 30.3 Å². The van der Waals surface area contributed by atoms with Crippen molar-refractivity contribution in [2.75, 3.05) is 7.11 Å². The van der Waals surface area contributed by atoms with Crippen LogP contribution in [0.25, 0.3) is 0 Å². The third-order valence-corrected chi connectivity index (χ3v) is 0.979. The average molecular weight is 344 g/mol. The summed E-state index contributed by atoms with van der Waals surface area (Å²) in [5.74, 6) is 0.910. The van der Waals surface area contributed by atoms with Crippen molar-refractivity contribution in [3.8, 4) is 5.75 Å². The van der Waals surface area contributed by atoms with E-state index in [1.54, 1.807) is 7.11 Å². The molecule has 1 rings (SSSR count). The van der Waals surface area contributed by atoms with Crippen LogP contribution in [-0.2, 0) is 27.7 Å². The van der Waals surface area contributed by atoms with E-state index in [4.69, 9.17) is 4.74 Å². The molecule has 0 saturated heterocycles. The third-order valence-electron chi connectivity index (χ3n) is 0.979. The summed E-state index contributed by atoms with van der Waals surface area (Å²) in [4.78, 5) is 0. The number of halogens is 1. The number of hydrogen-bond acceptors (Lipinski definition) is 1. The molecule has 1 nitrogen and oxygen atoms in total. The zero-order valence-corrected chi connectivity index (χ0v) is 12.1. The zero-order valence-electron chi connectivity index (χ0n) is 5.88. The first kappa shape index (κ1) is 12.9. The maximum absolute atomic E-state index is 4.91. The van der Waals surface area contributed by atoms with Crippen molar-refractivity contribution in [2.24, 2.45) is 0 Å². The molecule has 0 N–H and O–H groups in total. The van der Waals surface area contributed by atoms with Crippen molar-refractivity contribution in [3.63, 3.8) is 0 Å². The Kier molecular flexibility index (Phi) is 9.47. The molecule has 0 atom stereocenters. The number of ether oxygens (including phenoxy) is 1. The first-order valence-electron chi connectivity index (χ1n) is 2.52. The van der Waals surface area contributed by atoms with Gasteiger partial charge in [-0.15, -0.1) is 0 Å². The molecule has 0 fully saturated rings. The minimum absolute atomic E-state index is 0. The Morgan fingerprint density at radius 2 is 1.60 bits per heavy atom. The second-order valence-corrected chi connectivity index (χ2v) is 1.52. The number of rotatable bonds is 1. The number of benzene rings is 1. The van der Waals surface area contributed by atoms with Crippen LogP contribution in [0.4, 0.5) is 0 Å². The van der Waals surface area contributed by atoms with Gasteiger partial charge in [0.25, 0.3) is 0 Å². The van der Waals surface area contributed by atoms with Crippen LogP contribution in [0.5, 0.6) is 5.75 Å². The molecule has 0 bridgehead atoms. The Labute approximate surface area is 87.7 Å². The Morgan fingerprint density at radius 1 is 1.10 bits per heavy atom. The predicted octanol–water partition coefficient (Wildman–Crippen LogP) is -1.30. The molecular formula is C7H8ClHgO. The minimum atomic E-state index is 0. The normalized spacial score (nSPS) is 6.90. The van der Waals surface area contributed by atoms with Gasteiger partial charge < -0.3 is 17.1 Å².